The van der Waals surface area contributed by atoms with E-state index in [9.17, 15) is 5.11 Å². The Morgan fingerprint density at radius 2 is 1.58 bits per heavy atom. The number of nitrogens with zero attached hydrogens (tertiary/aromatic N) is 2. The van der Waals surface area contributed by atoms with E-state index >= 15 is 0 Å². The second kappa shape index (κ2) is 13.4. The number of nitrogens with one attached hydrogen (secondary N) is 1. The molecule has 0 saturated heterocycles. The molecule has 0 radical (unpaired) electrons. The van der Waals surface area contributed by atoms with Crippen molar-refractivity contribution in [3.05, 3.63) is 100 Å². The molecular formula is C26H34BrN3O. The molecule has 1 unspecified atom stereocenters. The van der Waals surface area contributed by atoms with E-state index in [0.717, 1.165) is 28.7 Å². The van der Waals surface area contributed by atoms with Crippen molar-refractivity contribution in [3.63, 3.8) is 0 Å². The van der Waals surface area contributed by atoms with Crippen LogP contribution in [0, 0.1) is 0 Å². The zero-order valence-corrected chi connectivity index (χ0v) is 20.5. The lowest BCUT2D eigenvalue weighted by atomic mass is 9.92. The highest BCUT2D eigenvalue weighted by Crippen LogP contribution is 2.27. The number of pyridine rings is 1. The molecule has 0 aliphatic heterocycles. The van der Waals surface area contributed by atoms with Crippen LogP contribution in [0.25, 0.3) is 0 Å². The van der Waals surface area contributed by atoms with Gasteiger partial charge in [-0.15, -0.1) is 0 Å². The summed E-state index contributed by atoms with van der Waals surface area (Å²) < 4.78 is 1.11. The van der Waals surface area contributed by atoms with Gasteiger partial charge in [-0.05, 0) is 76.4 Å². The van der Waals surface area contributed by atoms with E-state index in [0.29, 0.717) is 5.92 Å². The minimum atomic E-state index is -0.420. The monoisotopic (exact) mass is 483 g/mol. The molecule has 3 rings (SSSR count). The third-order valence-electron chi connectivity index (χ3n) is 5.25. The van der Waals surface area contributed by atoms with Crippen molar-refractivity contribution >= 4 is 15.9 Å². The molecule has 1 aromatic heterocycles. The van der Waals surface area contributed by atoms with Gasteiger partial charge in [0.15, 0.2) is 0 Å². The quantitative estimate of drug-likeness (QED) is 0.458. The van der Waals surface area contributed by atoms with Crippen LogP contribution in [-0.2, 0) is 0 Å². The highest BCUT2D eigenvalue weighted by molar-refractivity contribution is 9.10. The molecular weight excluding hydrogens is 450 g/mol. The van der Waals surface area contributed by atoms with Crippen molar-refractivity contribution in [2.45, 2.75) is 31.4 Å². The molecule has 166 valence electrons. The van der Waals surface area contributed by atoms with Gasteiger partial charge in [-0.2, -0.15) is 0 Å². The van der Waals surface area contributed by atoms with E-state index in [1.165, 1.54) is 5.56 Å². The standard InChI is InChI=1S/C16H19BrN2.C10H15NO/c1-19(2)12-10-15(16-5-3-4-11-18-16)13-6-8-14(17)9-7-13;1-8(11-2)10(12)9-6-4-3-5-7-9/h3-9,11,15H,10,12H2,1-2H3;3-8,10-12H,1-2H3/t;8-,10+/m.0/s1. The number of aliphatic hydroxyl groups is 1. The van der Waals surface area contributed by atoms with Crippen LogP contribution in [0.4, 0.5) is 0 Å². The molecule has 0 amide bonds. The molecule has 0 fully saturated rings. The number of aromatic nitrogens is 1. The summed E-state index contributed by atoms with van der Waals surface area (Å²) in [5.41, 5.74) is 3.43. The van der Waals surface area contributed by atoms with Crippen LogP contribution in [0.15, 0.2) is 83.5 Å². The molecule has 31 heavy (non-hydrogen) atoms. The van der Waals surface area contributed by atoms with Crippen molar-refractivity contribution in [3.8, 4) is 0 Å². The van der Waals surface area contributed by atoms with Crippen LogP contribution in [0.2, 0.25) is 0 Å². The van der Waals surface area contributed by atoms with Crippen LogP contribution in [-0.4, -0.2) is 48.7 Å². The summed E-state index contributed by atoms with van der Waals surface area (Å²) in [5, 5.41) is 12.7. The van der Waals surface area contributed by atoms with Crippen LogP contribution in [0.1, 0.15) is 42.2 Å². The van der Waals surface area contributed by atoms with Crippen molar-refractivity contribution in [2.24, 2.45) is 0 Å². The Morgan fingerprint density at radius 3 is 2.13 bits per heavy atom. The van der Waals surface area contributed by atoms with Crippen LogP contribution in [0.5, 0.6) is 0 Å². The van der Waals surface area contributed by atoms with Gasteiger partial charge in [0, 0.05) is 28.3 Å². The van der Waals surface area contributed by atoms with E-state index in [2.05, 4.69) is 81.6 Å². The van der Waals surface area contributed by atoms with E-state index in [1.807, 2.05) is 56.6 Å². The molecule has 3 aromatic rings. The predicted molar refractivity (Wildman–Crippen MR) is 133 cm³/mol. The van der Waals surface area contributed by atoms with E-state index in [4.69, 9.17) is 0 Å². The fraction of sp³-hybridized carbons (Fsp3) is 0.346. The second-order valence-electron chi connectivity index (χ2n) is 7.88. The molecule has 0 saturated carbocycles. The van der Waals surface area contributed by atoms with Crippen LogP contribution >= 0.6 is 15.9 Å². The molecule has 0 bridgehead atoms. The molecule has 5 heteroatoms. The lowest BCUT2D eigenvalue weighted by Gasteiger charge is -2.19. The molecule has 4 nitrogen and oxygen atoms in total. The van der Waals surface area contributed by atoms with Gasteiger partial charge in [0.25, 0.3) is 0 Å². The zero-order chi connectivity index (χ0) is 22.6. The van der Waals surface area contributed by atoms with Crippen molar-refractivity contribution < 1.29 is 5.11 Å². The molecule has 0 spiro atoms. The van der Waals surface area contributed by atoms with Gasteiger partial charge < -0.3 is 15.3 Å². The maximum atomic E-state index is 9.73. The number of hydrogen-bond donors (Lipinski definition) is 2. The summed E-state index contributed by atoms with van der Waals surface area (Å²) in [4.78, 5) is 6.74. The molecule has 2 N–H and O–H groups in total. The lowest BCUT2D eigenvalue weighted by molar-refractivity contribution is 0.140. The van der Waals surface area contributed by atoms with Gasteiger partial charge in [-0.25, -0.2) is 0 Å². The highest BCUT2D eigenvalue weighted by Gasteiger charge is 2.15. The van der Waals surface area contributed by atoms with E-state index in [-0.39, 0.29) is 6.04 Å². The van der Waals surface area contributed by atoms with Gasteiger partial charge in [0.05, 0.1) is 6.10 Å². The first-order chi connectivity index (χ1) is 14.9. The fourth-order valence-electron chi connectivity index (χ4n) is 3.25. The minimum Gasteiger partial charge on any atom is -0.387 e. The summed E-state index contributed by atoms with van der Waals surface area (Å²) in [7, 11) is 6.06. The molecule has 2 aromatic carbocycles. The molecule has 3 atom stereocenters. The summed E-state index contributed by atoms with van der Waals surface area (Å²) in [6.45, 7) is 3.01. The van der Waals surface area contributed by atoms with E-state index in [1.54, 1.807) is 0 Å². The van der Waals surface area contributed by atoms with Gasteiger partial charge in [-0.1, -0.05) is 64.5 Å². The van der Waals surface area contributed by atoms with Crippen molar-refractivity contribution in [1.29, 1.82) is 0 Å². The minimum absolute atomic E-state index is 0.0902. The average Bonchev–Trinajstić information content (AvgIpc) is 2.81. The summed E-state index contributed by atoms with van der Waals surface area (Å²) in [5.74, 6) is 0.358. The smallest absolute Gasteiger partial charge is 0.0940 e. The molecule has 0 aliphatic rings. The summed E-state index contributed by atoms with van der Waals surface area (Å²) >= 11 is 3.49. The number of benzene rings is 2. The average molecular weight is 484 g/mol. The maximum absolute atomic E-state index is 9.73. The second-order valence-corrected chi connectivity index (χ2v) is 8.80. The Labute approximate surface area is 195 Å². The first-order valence-electron chi connectivity index (χ1n) is 10.6. The predicted octanol–water partition coefficient (Wildman–Crippen LogP) is 5.26. The summed E-state index contributed by atoms with van der Waals surface area (Å²) in [6.07, 6.45) is 2.53. The first-order valence-corrected chi connectivity index (χ1v) is 11.4. The van der Waals surface area contributed by atoms with Crippen molar-refractivity contribution in [1.82, 2.24) is 15.2 Å². The summed E-state index contributed by atoms with van der Waals surface area (Å²) in [6, 6.07) is 24.5. The fourth-order valence-corrected chi connectivity index (χ4v) is 3.51. The lowest BCUT2D eigenvalue weighted by Crippen LogP contribution is -2.28. The largest absolute Gasteiger partial charge is 0.387 e. The third-order valence-corrected chi connectivity index (χ3v) is 5.78. The van der Waals surface area contributed by atoms with Crippen LogP contribution in [0.3, 0.4) is 0 Å². The number of halogens is 1. The Balaban J connectivity index is 0.000000245. The van der Waals surface area contributed by atoms with E-state index < -0.39 is 6.10 Å². The zero-order valence-electron chi connectivity index (χ0n) is 18.9. The van der Waals surface area contributed by atoms with Gasteiger partial charge in [0.2, 0.25) is 0 Å². The first kappa shape index (κ1) is 25.2. The number of rotatable bonds is 8. The Bertz CT molecular complexity index is 857. The number of hydrogen-bond acceptors (Lipinski definition) is 4. The third kappa shape index (κ3) is 8.54. The van der Waals surface area contributed by atoms with Crippen LogP contribution < -0.4 is 5.32 Å². The molecule has 0 aliphatic carbocycles. The number of aliphatic hydroxyl groups excluding tert-OH is 1. The topological polar surface area (TPSA) is 48.4 Å². The maximum Gasteiger partial charge on any atom is 0.0940 e. The normalized spacial score (nSPS) is 13.8. The Kier molecular flexibility index (Phi) is 10.9. The molecule has 1 heterocycles. The Morgan fingerprint density at radius 1 is 0.935 bits per heavy atom. The van der Waals surface area contributed by atoms with Crippen molar-refractivity contribution in [2.75, 3.05) is 27.7 Å². The number of likely N-dealkylation sites (N-methyl/N-ethyl adjacent to an activating group) is 1. The Hall–Kier alpha value is -2.05. The van der Waals surface area contributed by atoms with Gasteiger partial charge in [0.1, 0.15) is 0 Å². The SMILES string of the molecule is CN(C)CCC(c1ccc(Br)cc1)c1ccccn1.CN[C@@H](C)[C@@H](O)c1ccccc1. The highest BCUT2D eigenvalue weighted by atomic mass is 79.9. The van der Waals surface area contributed by atoms with Gasteiger partial charge in [-0.3, -0.25) is 4.98 Å². The van der Waals surface area contributed by atoms with Gasteiger partial charge >= 0.3 is 0 Å².